The number of hydrogen-bond acceptors (Lipinski definition) is 6. The Morgan fingerprint density at radius 3 is 2.47 bits per heavy atom. The van der Waals surface area contributed by atoms with Crippen molar-refractivity contribution in [3.8, 4) is 34.1 Å². The van der Waals surface area contributed by atoms with Gasteiger partial charge in [0, 0.05) is 22.9 Å². The van der Waals surface area contributed by atoms with Gasteiger partial charge in [-0.2, -0.15) is 14.6 Å². The van der Waals surface area contributed by atoms with Gasteiger partial charge < -0.3 is 4.74 Å². The lowest BCUT2D eigenvalue weighted by atomic mass is 10.1. The molecule has 0 saturated carbocycles. The summed E-state index contributed by atoms with van der Waals surface area (Å²) in [6.45, 7) is 4.18. The first-order valence-electron chi connectivity index (χ1n) is 12.1. The van der Waals surface area contributed by atoms with Gasteiger partial charge in [-0.05, 0) is 50.3 Å². The number of fused-ring (bicyclic) bond motifs is 1. The van der Waals surface area contributed by atoms with E-state index in [1.807, 2.05) is 67.7 Å². The average Bonchev–Trinajstić information content (AvgIpc) is 3.62. The average molecular weight is 524 g/mol. The van der Waals surface area contributed by atoms with Gasteiger partial charge in [-0.3, -0.25) is 4.79 Å². The van der Waals surface area contributed by atoms with Gasteiger partial charge in [-0.1, -0.05) is 59.4 Å². The van der Waals surface area contributed by atoms with Gasteiger partial charge in [-0.15, -0.1) is 5.10 Å². The van der Waals surface area contributed by atoms with Gasteiger partial charge in [0.2, 0.25) is 4.96 Å². The lowest BCUT2D eigenvalue weighted by Gasteiger charge is -2.06. The molecule has 0 spiro atoms. The van der Waals surface area contributed by atoms with Gasteiger partial charge in [0.25, 0.3) is 5.56 Å². The summed E-state index contributed by atoms with van der Waals surface area (Å²) in [5.41, 5.74) is 4.32. The molecule has 0 atom stereocenters. The largest absolute Gasteiger partial charge is 0.491 e. The number of thiazole rings is 1. The van der Waals surface area contributed by atoms with Crippen LogP contribution in [0.3, 0.4) is 0 Å². The van der Waals surface area contributed by atoms with E-state index in [4.69, 9.17) is 9.84 Å². The Labute approximate surface area is 221 Å². The van der Waals surface area contributed by atoms with Crippen molar-refractivity contribution in [2.24, 2.45) is 0 Å². The molecule has 38 heavy (non-hydrogen) atoms. The molecule has 7 nitrogen and oxygen atoms in total. The Hall–Kier alpha value is -4.63. The van der Waals surface area contributed by atoms with Gasteiger partial charge in [0.1, 0.15) is 5.69 Å². The molecule has 0 fully saturated rings. The molecule has 3 aromatic heterocycles. The zero-order chi connectivity index (χ0) is 26.2. The lowest BCUT2D eigenvalue weighted by Crippen LogP contribution is -2.23. The maximum absolute atomic E-state index is 14.7. The number of ether oxygens (including phenoxy) is 1. The highest BCUT2D eigenvalue weighted by atomic mass is 32.1. The third kappa shape index (κ3) is 4.37. The van der Waals surface area contributed by atoms with E-state index in [-0.39, 0.29) is 11.3 Å². The SMILES string of the molecule is CCOc1ccc(-c2nn(-c3ccccc3)cc2/C=c2\sc3nc(-c4ccc(C)cc4)nn3c2=O)cc1F. The van der Waals surface area contributed by atoms with E-state index >= 15 is 0 Å². The molecule has 6 aromatic rings. The quantitative estimate of drug-likeness (QED) is 0.305. The van der Waals surface area contributed by atoms with E-state index in [1.54, 1.807) is 29.8 Å². The fourth-order valence-electron chi connectivity index (χ4n) is 4.15. The van der Waals surface area contributed by atoms with Crippen LogP contribution in [0.4, 0.5) is 4.39 Å². The van der Waals surface area contributed by atoms with Crippen LogP contribution in [0.5, 0.6) is 5.75 Å². The minimum absolute atomic E-state index is 0.182. The van der Waals surface area contributed by atoms with Crippen LogP contribution in [-0.4, -0.2) is 31.0 Å². The maximum Gasteiger partial charge on any atom is 0.291 e. The van der Waals surface area contributed by atoms with E-state index in [2.05, 4.69) is 10.1 Å². The minimum Gasteiger partial charge on any atom is -0.491 e. The molecule has 0 N–H and O–H groups in total. The molecule has 6 rings (SSSR count). The first-order valence-corrected chi connectivity index (χ1v) is 12.9. The number of nitrogens with zero attached hydrogens (tertiary/aromatic N) is 5. The number of rotatable bonds is 6. The summed E-state index contributed by atoms with van der Waals surface area (Å²) < 4.78 is 23.6. The normalized spacial score (nSPS) is 11.9. The van der Waals surface area contributed by atoms with Crippen molar-refractivity contribution in [1.82, 2.24) is 24.4 Å². The topological polar surface area (TPSA) is 74.3 Å². The molecule has 0 aliphatic heterocycles. The molecule has 0 aliphatic rings. The Morgan fingerprint density at radius 2 is 1.76 bits per heavy atom. The minimum atomic E-state index is -0.475. The first-order chi connectivity index (χ1) is 18.5. The molecule has 3 aromatic carbocycles. The third-order valence-corrected chi connectivity index (χ3v) is 7.01. The summed E-state index contributed by atoms with van der Waals surface area (Å²) in [7, 11) is 0. The van der Waals surface area contributed by atoms with Crippen LogP contribution in [-0.2, 0) is 0 Å². The fraction of sp³-hybridized carbons (Fsp3) is 0.103. The summed E-state index contributed by atoms with van der Waals surface area (Å²) >= 11 is 1.25. The van der Waals surface area contributed by atoms with Crippen molar-refractivity contribution >= 4 is 22.4 Å². The Bertz CT molecular complexity index is 1870. The molecule has 0 unspecified atom stereocenters. The van der Waals surface area contributed by atoms with E-state index < -0.39 is 5.82 Å². The molecular formula is C29H22FN5O2S. The second-order valence-electron chi connectivity index (χ2n) is 8.70. The molecule has 3 heterocycles. The summed E-state index contributed by atoms with van der Waals surface area (Å²) in [6.07, 6.45) is 3.58. The van der Waals surface area contributed by atoms with Crippen molar-refractivity contribution in [3.05, 3.63) is 111 Å². The van der Waals surface area contributed by atoms with Gasteiger partial charge in [-0.25, -0.2) is 9.07 Å². The zero-order valence-corrected chi connectivity index (χ0v) is 21.4. The van der Waals surface area contributed by atoms with E-state index in [1.165, 1.54) is 21.9 Å². The summed E-state index contributed by atoms with van der Waals surface area (Å²) in [5, 5.41) is 9.18. The van der Waals surface area contributed by atoms with Crippen LogP contribution in [0.25, 0.3) is 39.4 Å². The van der Waals surface area contributed by atoms with Crippen LogP contribution >= 0.6 is 11.3 Å². The maximum atomic E-state index is 14.7. The van der Waals surface area contributed by atoms with Crippen LogP contribution in [0.1, 0.15) is 18.1 Å². The Morgan fingerprint density at radius 1 is 1.00 bits per heavy atom. The molecule has 9 heteroatoms. The fourth-order valence-corrected chi connectivity index (χ4v) is 5.05. The van der Waals surface area contributed by atoms with Crippen molar-refractivity contribution in [2.75, 3.05) is 6.61 Å². The molecule has 0 radical (unpaired) electrons. The second-order valence-corrected chi connectivity index (χ2v) is 9.71. The number of hydrogen-bond donors (Lipinski definition) is 0. The predicted molar refractivity (Wildman–Crippen MR) is 146 cm³/mol. The van der Waals surface area contributed by atoms with E-state index in [0.29, 0.717) is 38.7 Å². The first kappa shape index (κ1) is 23.7. The van der Waals surface area contributed by atoms with Crippen LogP contribution < -0.4 is 14.8 Å². The van der Waals surface area contributed by atoms with Gasteiger partial charge >= 0.3 is 0 Å². The van der Waals surface area contributed by atoms with Crippen LogP contribution in [0.15, 0.2) is 83.8 Å². The molecule has 0 aliphatic carbocycles. The van der Waals surface area contributed by atoms with E-state index in [0.717, 1.165) is 16.8 Å². The Balaban J connectivity index is 1.47. The van der Waals surface area contributed by atoms with Crippen molar-refractivity contribution in [1.29, 1.82) is 0 Å². The van der Waals surface area contributed by atoms with Crippen molar-refractivity contribution < 1.29 is 9.13 Å². The number of aryl methyl sites for hydroxylation is 1. The number of halogens is 1. The molecule has 0 saturated heterocycles. The van der Waals surface area contributed by atoms with E-state index in [9.17, 15) is 9.18 Å². The standard InChI is InChI=1S/C29H22FN5O2S/c1-3-37-24-14-13-20(15-23(24)30)26-21(17-34(32-26)22-7-5-4-6-8-22)16-25-28(36)35-29(38-25)31-27(33-35)19-11-9-18(2)10-12-19/h4-17H,3H2,1-2H3/b25-16-. The van der Waals surface area contributed by atoms with Crippen LogP contribution in [0.2, 0.25) is 0 Å². The summed E-state index contributed by atoms with van der Waals surface area (Å²) in [4.78, 5) is 18.3. The summed E-state index contributed by atoms with van der Waals surface area (Å²) in [5.74, 6) is 0.208. The van der Waals surface area contributed by atoms with Crippen molar-refractivity contribution in [2.45, 2.75) is 13.8 Å². The highest BCUT2D eigenvalue weighted by molar-refractivity contribution is 7.15. The highest BCUT2D eigenvalue weighted by Crippen LogP contribution is 2.29. The molecule has 0 bridgehead atoms. The molecule has 188 valence electrons. The smallest absolute Gasteiger partial charge is 0.291 e. The van der Waals surface area contributed by atoms with Gasteiger partial charge in [0.05, 0.1) is 16.8 Å². The zero-order valence-electron chi connectivity index (χ0n) is 20.6. The number of benzene rings is 3. The predicted octanol–water partition coefficient (Wildman–Crippen LogP) is 5.06. The summed E-state index contributed by atoms with van der Waals surface area (Å²) in [6, 6.07) is 22.2. The van der Waals surface area contributed by atoms with Gasteiger partial charge in [0.15, 0.2) is 17.4 Å². The third-order valence-electron chi connectivity index (χ3n) is 6.05. The monoisotopic (exact) mass is 523 g/mol. The number of aromatic nitrogens is 5. The molecule has 0 amide bonds. The number of para-hydroxylation sites is 1. The Kier molecular flexibility index (Phi) is 6.05. The highest BCUT2D eigenvalue weighted by Gasteiger charge is 2.16. The lowest BCUT2D eigenvalue weighted by molar-refractivity contribution is 0.321. The molecular weight excluding hydrogens is 501 g/mol. The second kappa shape index (κ2) is 9.68. The van der Waals surface area contributed by atoms with Crippen molar-refractivity contribution in [3.63, 3.8) is 0 Å². The van der Waals surface area contributed by atoms with Crippen LogP contribution in [0, 0.1) is 12.7 Å².